The lowest BCUT2D eigenvalue weighted by Gasteiger charge is -2.32. The normalized spacial score (nSPS) is 23.3. The van der Waals surface area contributed by atoms with Gasteiger partial charge in [-0.05, 0) is 86.1 Å². The van der Waals surface area contributed by atoms with E-state index in [9.17, 15) is 22.0 Å². The molecule has 41 heavy (non-hydrogen) atoms. The SMILES string of the molecule is CCCC1CCC(CCC2CCC(c3ccc(OCC(F)(F)Oc4ccc(OCC)c(F)c4F)c(F)c3)CC2)CC1. The lowest BCUT2D eigenvalue weighted by atomic mass is 9.74. The molecule has 0 spiro atoms. The zero-order valence-corrected chi connectivity index (χ0v) is 24.2. The van der Waals surface area contributed by atoms with Gasteiger partial charge in [-0.3, -0.25) is 0 Å². The Kier molecular flexibility index (Phi) is 11.2. The first-order valence-corrected chi connectivity index (χ1v) is 15.3. The second-order valence-corrected chi connectivity index (χ2v) is 11.8. The third-order valence-corrected chi connectivity index (χ3v) is 8.89. The predicted molar refractivity (Wildman–Crippen MR) is 149 cm³/mol. The smallest absolute Gasteiger partial charge is 0.433 e. The fraction of sp³-hybridized carbons (Fsp3) is 0.636. The van der Waals surface area contributed by atoms with Gasteiger partial charge in [0.25, 0.3) is 0 Å². The van der Waals surface area contributed by atoms with E-state index in [1.807, 2.05) is 0 Å². The van der Waals surface area contributed by atoms with Crippen LogP contribution >= 0.6 is 0 Å². The number of hydrogen-bond donors (Lipinski definition) is 0. The number of hydrogen-bond acceptors (Lipinski definition) is 3. The molecular formula is C33H43F5O3. The highest BCUT2D eigenvalue weighted by Gasteiger charge is 2.35. The predicted octanol–water partition coefficient (Wildman–Crippen LogP) is 10.2. The Bertz CT molecular complexity index is 1110. The molecule has 2 fully saturated rings. The molecule has 2 saturated carbocycles. The van der Waals surface area contributed by atoms with E-state index in [2.05, 4.69) is 11.7 Å². The average molecular weight is 583 g/mol. The Labute approximate surface area is 240 Å². The second kappa shape index (κ2) is 14.6. The van der Waals surface area contributed by atoms with Crippen LogP contribution in [0.2, 0.25) is 0 Å². The topological polar surface area (TPSA) is 27.7 Å². The highest BCUT2D eigenvalue weighted by atomic mass is 19.3. The monoisotopic (exact) mass is 582 g/mol. The number of halogens is 5. The van der Waals surface area contributed by atoms with Crippen molar-refractivity contribution in [1.29, 1.82) is 0 Å². The first-order chi connectivity index (χ1) is 19.7. The zero-order valence-electron chi connectivity index (χ0n) is 24.2. The Morgan fingerprint density at radius 1 is 0.683 bits per heavy atom. The van der Waals surface area contributed by atoms with Crippen molar-refractivity contribution in [3.8, 4) is 17.2 Å². The third kappa shape index (κ3) is 8.74. The van der Waals surface area contributed by atoms with Crippen molar-refractivity contribution in [1.82, 2.24) is 0 Å². The Balaban J connectivity index is 1.22. The number of alkyl halides is 2. The maximum absolute atomic E-state index is 14.8. The lowest BCUT2D eigenvalue weighted by molar-refractivity contribution is -0.197. The van der Waals surface area contributed by atoms with Gasteiger partial charge in [-0.25, -0.2) is 4.39 Å². The van der Waals surface area contributed by atoms with Crippen LogP contribution < -0.4 is 14.2 Å². The number of rotatable bonds is 13. The summed E-state index contributed by atoms with van der Waals surface area (Å²) in [6, 6.07) is 6.27. The van der Waals surface area contributed by atoms with Crippen LogP contribution in [-0.4, -0.2) is 19.3 Å². The summed E-state index contributed by atoms with van der Waals surface area (Å²) in [5.41, 5.74) is 0.845. The minimum Gasteiger partial charge on any atom is -0.491 e. The molecule has 3 nitrogen and oxygen atoms in total. The minimum absolute atomic E-state index is 0.0756. The van der Waals surface area contributed by atoms with Gasteiger partial charge in [-0.15, -0.1) is 0 Å². The Morgan fingerprint density at radius 3 is 1.80 bits per heavy atom. The van der Waals surface area contributed by atoms with E-state index >= 15 is 0 Å². The van der Waals surface area contributed by atoms with Crippen molar-refractivity contribution in [3.05, 3.63) is 53.3 Å². The van der Waals surface area contributed by atoms with Crippen LogP contribution in [0.25, 0.3) is 0 Å². The van der Waals surface area contributed by atoms with Crippen LogP contribution in [0.4, 0.5) is 22.0 Å². The molecule has 0 radical (unpaired) electrons. The first-order valence-electron chi connectivity index (χ1n) is 15.3. The van der Waals surface area contributed by atoms with Crippen LogP contribution in [0, 0.1) is 35.2 Å². The van der Waals surface area contributed by atoms with Gasteiger partial charge in [0.2, 0.25) is 11.6 Å². The summed E-state index contributed by atoms with van der Waals surface area (Å²) in [5.74, 6) is -2.75. The fourth-order valence-electron chi connectivity index (χ4n) is 6.57. The van der Waals surface area contributed by atoms with Gasteiger partial charge in [-0.1, -0.05) is 64.4 Å². The molecule has 0 aliphatic heterocycles. The lowest BCUT2D eigenvalue weighted by Crippen LogP contribution is -2.33. The van der Waals surface area contributed by atoms with Crippen LogP contribution in [0.3, 0.4) is 0 Å². The van der Waals surface area contributed by atoms with Gasteiger partial charge in [0, 0.05) is 0 Å². The van der Waals surface area contributed by atoms with E-state index in [4.69, 9.17) is 9.47 Å². The second-order valence-electron chi connectivity index (χ2n) is 11.8. The van der Waals surface area contributed by atoms with Crippen molar-refractivity contribution < 1.29 is 36.2 Å². The van der Waals surface area contributed by atoms with E-state index in [1.54, 1.807) is 13.0 Å². The summed E-state index contributed by atoms with van der Waals surface area (Å²) in [6.45, 7) is 2.55. The molecule has 0 heterocycles. The van der Waals surface area contributed by atoms with Gasteiger partial charge in [-0.2, -0.15) is 17.6 Å². The minimum atomic E-state index is -4.03. The van der Waals surface area contributed by atoms with Crippen LogP contribution in [0.1, 0.15) is 102 Å². The fourth-order valence-corrected chi connectivity index (χ4v) is 6.57. The molecule has 4 rings (SSSR count). The molecule has 228 valence electrons. The van der Waals surface area contributed by atoms with Gasteiger partial charge >= 0.3 is 6.11 Å². The molecule has 0 unspecified atom stereocenters. The summed E-state index contributed by atoms with van der Waals surface area (Å²) >= 11 is 0. The van der Waals surface area contributed by atoms with Gasteiger partial charge in [0.15, 0.2) is 29.7 Å². The molecule has 0 bridgehead atoms. The third-order valence-electron chi connectivity index (χ3n) is 8.89. The number of benzene rings is 2. The number of ether oxygens (including phenoxy) is 3. The zero-order chi connectivity index (χ0) is 29.4. The highest BCUT2D eigenvalue weighted by molar-refractivity contribution is 5.35. The average Bonchev–Trinajstić information content (AvgIpc) is 2.96. The quantitative estimate of drug-likeness (QED) is 0.220. The van der Waals surface area contributed by atoms with E-state index < -0.39 is 41.7 Å². The molecule has 0 amide bonds. The summed E-state index contributed by atoms with van der Waals surface area (Å²) < 4.78 is 85.8. The summed E-state index contributed by atoms with van der Waals surface area (Å²) in [7, 11) is 0. The summed E-state index contributed by atoms with van der Waals surface area (Å²) in [5, 5.41) is 0. The molecule has 2 aliphatic rings. The first kappa shape index (κ1) is 31.4. The largest absolute Gasteiger partial charge is 0.491 e. The molecule has 0 atom stereocenters. The molecule has 0 N–H and O–H groups in total. The van der Waals surface area contributed by atoms with Crippen LogP contribution in [0.15, 0.2) is 30.3 Å². The molecule has 2 aromatic rings. The summed E-state index contributed by atoms with van der Waals surface area (Å²) in [4.78, 5) is 0. The van der Waals surface area contributed by atoms with Gasteiger partial charge in [0.1, 0.15) is 0 Å². The standard InChI is InChI=1S/C33H43F5O3/c1-3-5-22-6-8-23(9-7-22)10-11-24-12-14-25(15-13-24)26-16-17-28(27(34)20-26)40-21-33(37,38)41-30-19-18-29(39-4-2)31(35)32(30)36/h16-20,22-25H,3-15,21H2,1-2H3. The van der Waals surface area contributed by atoms with Crippen LogP contribution in [0.5, 0.6) is 17.2 Å². The molecular weight excluding hydrogens is 539 g/mol. The van der Waals surface area contributed by atoms with E-state index in [0.29, 0.717) is 0 Å². The van der Waals surface area contributed by atoms with E-state index in [1.165, 1.54) is 63.5 Å². The molecule has 0 aromatic heterocycles. The van der Waals surface area contributed by atoms with Gasteiger partial charge < -0.3 is 14.2 Å². The molecule has 0 saturated heterocycles. The maximum Gasteiger partial charge on any atom is 0.433 e. The Hall–Kier alpha value is -2.51. The summed E-state index contributed by atoms with van der Waals surface area (Å²) in [6.07, 6.45) is 11.0. The van der Waals surface area contributed by atoms with Crippen molar-refractivity contribution in [2.75, 3.05) is 13.2 Å². The Morgan fingerprint density at radius 2 is 1.22 bits per heavy atom. The molecule has 8 heteroatoms. The van der Waals surface area contributed by atoms with Crippen molar-refractivity contribution in [2.45, 2.75) is 103 Å². The van der Waals surface area contributed by atoms with Crippen molar-refractivity contribution in [2.24, 2.45) is 17.8 Å². The van der Waals surface area contributed by atoms with Crippen LogP contribution in [-0.2, 0) is 0 Å². The van der Waals surface area contributed by atoms with E-state index in [0.717, 1.165) is 61.1 Å². The molecule has 2 aliphatic carbocycles. The maximum atomic E-state index is 14.8. The molecule has 2 aromatic carbocycles. The van der Waals surface area contributed by atoms with Gasteiger partial charge in [0.05, 0.1) is 6.61 Å². The van der Waals surface area contributed by atoms with Crippen molar-refractivity contribution >= 4 is 0 Å². The highest BCUT2D eigenvalue weighted by Crippen LogP contribution is 2.41. The van der Waals surface area contributed by atoms with Crippen molar-refractivity contribution in [3.63, 3.8) is 0 Å². The van der Waals surface area contributed by atoms with E-state index in [-0.39, 0.29) is 18.3 Å².